The first-order valence-electron chi connectivity index (χ1n) is 13.9. The van der Waals surface area contributed by atoms with Gasteiger partial charge in [-0.1, -0.05) is 111 Å². The molecule has 0 spiro atoms. The minimum Gasteiger partial charge on any atom is -0.466 e. The summed E-state index contributed by atoms with van der Waals surface area (Å²) in [6, 6.07) is 0. The summed E-state index contributed by atoms with van der Waals surface area (Å²) in [4.78, 5) is 23.6. The standard InChI is InChI=1S/C28H54O4/c1-5-7-8-9-10-11-12-13-14-15-16-17-18-21-24-31-27(29)22-19-20-23-28(30)32-26(6-2)25(3)4/h25-26H,5-24H2,1-4H3. The Morgan fingerprint density at radius 3 is 1.47 bits per heavy atom. The normalized spacial score (nSPS) is 12.2. The van der Waals surface area contributed by atoms with Crippen molar-refractivity contribution in [3.63, 3.8) is 0 Å². The van der Waals surface area contributed by atoms with Crippen molar-refractivity contribution in [2.75, 3.05) is 6.61 Å². The molecule has 0 saturated heterocycles. The van der Waals surface area contributed by atoms with Crippen LogP contribution in [-0.4, -0.2) is 24.6 Å². The number of hydrogen-bond acceptors (Lipinski definition) is 4. The average molecular weight is 455 g/mol. The summed E-state index contributed by atoms with van der Waals surface area (Å²) in [5, 5.41) is 0. The van der Waals surface area contributed by atoms with Crippen LogP contribution in [0.5, 0.6) is 0 Å². The molecule has 0 aliphatic heterocycles. The molecule has 4 heteroatoms. The minimum absolute atomic E-state index is 0.00225. The maximum absolute atomic E-state index is 11.9. The molecule has 0 aromatic heterocycles. The van der Waals surface area contributed by atoms with Crippen LogP contribution in [0, 0.1) is 5.92 Å². The number of esters is 2. The number of rotatable bonds is 23. The van der Waals surface area contributed by atoms with E-state index in [9.17, 15) is 9.59 Å². The highest BCUT2D eigenvalue weighted by atomic mass is 16.5. The molecule has 0 rings (SSSR count). The fourth-order valence-corrected chi connectivity index (χ4v) is 4.01. The van der Waals surface area contributed by atoms with Crippen molar-refractivity contribution in [3.05, 3.63) is 0 Å². The summed E-state index contributed by atoms with van der Waals surface area (Å²) in [6.07, 6.45) is 21.5. The molecule has 0 aliphatic rings. The summed E-state index contributed by atoms with van der Waals surface area (Å²) >= 11 is 0. The maximum Gasteiger partial charge on any atom is 0.306 e. The first-order valence-corrected chi connectivity index (χ1v) is 13.9. The highest BCUT2D eigenvalue weighted by molar-refractivity contribution is 5.70. The molecule has 0 fully saturated rings. The molecule has 0 radical (unpaired) electrons. The van der Waals surface area contributed by atoms with Crippen LogP contribution in [0.15, 0.2) is 0 Å². The van der Waals surface area contributed by atoms with Crippen LogP contribution in [0.3, 0.4) is 0 Å². The van der Waals surface area contributed by atoms with Gasteiger partial charge in [0.05, 0.1) is 6.61 Å². The van der Waals surface area contributed by atoms with Gasteiger partial charge in [0.25, 0.3) is 0 Å². The molecule has 32 heavy (non-hydrogen) atoms. The molecule has 0 aromatic carbocycles. The second-order valence-corrected chi connectivity index (χ2v) is 9.70. The van der Waals surface area contributed by atoms with Gasteiger partial charge in [-0.05, 0) is 31.6 Å². The molecule has 4 nitrogen and oxygen atoms in total. The van der Waals surface area contributed by atoms with Gasteiger partial charge in [0.1, 0.15) is 6.10 Å². The zero-order valence-corrected chi connectivity index (χ0v) is 21.9. The summed E-state index contributed by atoms with van der Waals surface area (Å²) in [5.41, 5.74) is 0. The van der Waals surface area contributed by atoms with E-state index in [4.69, 9.17) is 9.47 Å². The lowest BCUT2D eigenvalue weighted by molar-refractivity contribution is -0.152. The molecule has 0 amide bonds. The van der Waals surface area contributed by atoms with E-state index in [0.717, 1.165) is 19.3 Å². The van der Waals surface area contributed by atoms with Crippen molar-refractivity contribution in [3.8, 4) is 0 Å². The van der Waals surface area contributed by atoms with Crippen LogP contribution in [0.2, 0.25) is 0 Å². The average Bonchev–Trinajstić information content (AvgIpc) is 2.77. The number of unbranched alkanes of at least 4 members (excludes halogenated alkanes) is 14. The summed E-state index contributed by atoms with van der Waals surface area (Å²) < 4.78 is 10.8. The topological polar surface area (TPSA) is 52.6 Å². The third kappa shape index (κ3) is 20.8. The number of carbonyl (C=O) groups excluding carboxylic acids is 2. The van der Waals surface area contributed by atoms with Gasteiger partial charge >= 0.3 is 11.9 Å². The van der Waals surface area contributed by atoms with Gasteiger partial charge < -0.3 is 9.47 Å². The second-order valence-electron chi connectivity index (χ2n) is 9.70. The second kappa shape index (κ2) is 23.1. The Morgan fingerprint density at radius 2 is 1.03 bits per heavy atom. The molecule has 1 atom stereocenters. The lowest BCUT2D eigenvalue weighted by Gasteiger charge is -2.19. The minimum atomic E-state index is -0.152. The van der Waals surface area contributed by atoms with Crippen molar-refractivity contribution in [1.29, 1.82) is 0 Å². The van der Waals surface area contributed by atoms with Crippen molar-refractivity contribution >= 4 is 11.9 Å². The van der Waals surface area contributed by atoms with Gasteiger partial charge in [-0.25, -0.2) is 0 Å². The molecule has 0 heterocycles. The van der Waals surface area contributed by atoms with Crippen LogP contribution in [0.4, 0.5) is 0 Å². The first kappa shape index (κ1) is 30.9. The third-order valence-electron chi connectivity index (χ3n) is 6.20. The highest BCUT2D eigenvalue weighted by Gasteiger charge is 2.16. The summed E-state index contributed by atoms with van der Waals surface area (Å²) in [6.45, 7) is 8.97. The lowest BCUT2D eigenvalue weighted by Crippen LogP contribution is -2.22. The molecule has 0 aromatic rings. The van der Waals surface area contributed by atoms with Crippen molar-refractivity contribution in [2.24, 2.45) is 5.92 Å². The summed E-state index contributed by atoms with van der Waals surface area (Å²) in [5.74, 6) is 0.0526. The van der Waals surface area contributed by atoms with Crippen molar-refractivity contribution < 1.29 is 19.1 Å². The van der Waals surface area contributed by atoms with Gasteiger partial charge in [0.15, 0.2) is 0 Å². The zero-order valence-electron chi connectivity index (χ0n) is 21.9. The fraction of sp³-hybridized carbons (Fsp3) is 0.929. The van der Waals surface area contributed by atoms with Crippen LogP contribution >= 0.6 is 0 Å². The van der Waals surface area contributed by atoms with Gasteiger partial charge in [-0.2, -0.15) is 0 Å². The lowest BCUT2D eigenvalue weighted by atomic mass is 10.0. The molecule has 190 valence electrons. The molecule has 1 unspecified atom stereocenters. The molecule has 0 bridgehead atoms. The van der Waals surface area contributed by atoms with Crippen LogP contribution < -0.4 is 0 Å². The number of ether oxygens (including phenoxy) is 2. The molecule has 0 aliphatic carbocycles. The Balaban J connectivity index is 3.36. The van der Waals surface area contributed by atoms with E-state index in [1.165, 1.54) is 77.0 Å². The largest absolute Gasteiger partial charge is 0.466 e. The monoisotopic (exact) mass is 454 g/mol. The van der Waals surface area contributed by atoms with Crippen LogP contribution in [-0.2, 0) is 19.1 Å². The van der Waals surface area contributed by atoms with E-state index >= 15 is 0 Å². The van der Waals surface area contributed by atoms with Crippen molar-refractivity contribution in [2.45, 2.75) is 156 Å². The SMILES string of the molecule is CCCCCCCCCCCCCCCCOC(=O)CCCCC(=O)OC(CC)C(C)C. The zero-order chi connectivity index (χ0) is 23.9. The van der Waals surface area contributed by atoms with Gasteiger partial charge in [-0.3, -0.25) is 9.59 Å². The smallest absolute Gasteiger partial charge is 0.306 e. The molecule has 0 saturated carbocycles. The van der Waals surface area contributed by atoms with Crippen LogP contribution in [0.25, 0.3) is 0 Å². The number of carbonyl (C=O) groups is 2. The van der Waals surface area contributed by atoms with Crippen molar-refractivity contribution in [1.82, 2.24) is 0 Å². The fourth-order valence-electron chi connectivity index (χ4n) is 4.01. The highest BCUT2D eigenvalue weighted by Crippen LogP contribution is 2.14. The van der Waals surface area contributed by atoms with E-state index in [-0.39, 0.29) is 18.0 Å². The van der Waals surface area contributed by atoms with E-state index < -0.39 is 0 Å². The third-order valence-corrected chi connectivity index (χ3v) is 6.20. The molecular weight excluding hydrogens is 400 g/mol. The Morgan fingerprint density at radius 1 is 0.594 bits per heavy atom. The van der Waals surface area contributed by atoms with E-state index in [1.54, 1.807) is 0 Å². The van der Waals surface area contributed by atoms with E-state index in [0.29, 0.717) is 38.2 Å². The predicted octanol–water partition coefficient (Wildman–Crippen LogP) is 8.55. The van der Waals surface area contributed by atoms with Crippen LogP contribution in [0.1, 0.15) is 150 Å². The van der Waals surface area contributed by atoms with E-state index in [2.05, 4.69) is 20.8 Å². The van der Waals surface area contributed by atoms with E-state index in [1.807, 2.05) is 6.92 Å². The van der Waals surface area contributed by atoms with Gasteiger partial charge in [0.2, 0.25) is 0 Å². The predicted molar refractivity (Wildman–Crippen MR) is 135 cm³/mol. The quantitative estimate of drug-likeness (QED) is 0.115. The maximum atomic E-state index is 11.9. The Hall–Kier alpha value is -1.06. The molecule has 0 N–H and O–H groups in total. The number of hydrogen-bond donors (Lipinski definition) is 0. The Labute approximate surface area is 199 Å². The molecular formula is C28H54O4. The van der Waals surface area contributed by atoms with Gasteiger partial charge in [-0.15, -0.1) is 0 Å². The van der Waals surface area contributed by atoms with Gasteiger partial charge in [0, 0.05) is 12.8 Å². The Bertz CT molecular complexity index is 433. The first-order chi connectivity index (χ1) is 15.5. The Kier molecular flexibility index (Phi) is 22.3. The summed E-state index contributed by atoms with van der Waals surface area (Å²) in [7, 11) is 0.